The van der Waals surface area contributed by atoms with E-state index >= 15 is 0 Å². The standard InChI is InChI=1S/C16H19ClN2O3/c1-4-7-21-14-6-5-11(8-12(14)17)18-16(20)13-9-15(10(2)3)22-19-13/h5-6,8-10H,4,7H2,1-3H3,(H,18,20). The van der Waals surface area contributed by atoms with Gasteiger partial charge in [-0.15, -0.1) is 0 Å². The zero-order valence-corrected chi connectivity index (χ0v) is 13.6. The Balaban J connectivity index is 2.06. The van der Waals surface area contributed by atoms with Gasteiger partial charge in [0.15, 0.2) is 5.69 Å². The van der Waals surface area contributed by atoms with Gasteiger partial charge >= 0.3 is 0 Å². The highest BCUT2D eigenvalue weighted by molar-refractivity contribution is 6.32. The van der Waals surface area contributed by atoms with E-state index in [2.05, 4.69) is 10.5 Å². The Hall–Kier alpha value is -2.01. The molecule has 6 heteroatoms. The summed E-state index contributed by atoms with van der Waals surface area (Å²) in [4.78, 5) is 12.1. The van der Waals surface area contributed by atoms with Crippen molar-refractivity contribution in [1.82, 2.24) is 5.16 Å². The van der Waals surface area contributed by atoms with Crippen LogP contribution in [0.25, 0.3) is 0 Å². The van der Waals surface area contributed by atoms with Crippen molar-refractivity contribution in [1.29, 1.82) is 0 Å². The van der Waals surface area contributed by atoms with Gasteiger partial charge in [-0.25, -0.2) is 0 Å². The minimum absolute atomic E-state index is 0.179. The average Bonchev–Trinajstić information content (AvgIpc) is 2.96. The molecule has 2 rings (SSSR count). The molecule has 2 aromatic rings. The summed E-state index contributed by atoms with van der Waals surface area (Å²) >= 11 is 6.13. The van der Waals surface area contributed by atoms with Crippen molar-refractivity contribution in [2.45, 2.75) is 33.1 Å². The summed E-state index contributed by atoms with van der Waals surface area (Å²) in [5.41, 5.74) is 0.819. The predicted molar refractivity (Wildman–Crippen MR) is 85.8 cm³/mol. The van der Waals surface area contributed by atoms with Crippen LogP contribution in [0.5, 0.6) is 5.75 Å². The molecule has 1 aromatic carbocycles. The second-order valence-electron chi connectivity index (χ2n) is 5.22. The number of ether oxygens (including phenoxy) is 1. The Morgan fingerprint density at radius 2 is 2.18 bits per heavy atom. The molecule has 0 atom stereocenters. The second-order valence-corrected chi connectivity index (χ2v) is 5.62. The number of benzene rings is 1. The maximum atomic E-state index is 12.1. The Morgan fingerprint density at radius 1 is 1.41 bits per heavy atom. The van der Waals surface area contributed by atoms with Crippen molar-refractivity contribution in [3.8, 4) is 5.75 Å². The second kappa shape index (κ2) is 7.31. The molecule has 0 radical (unpaired) electrons. The topological polar surface area (TPSA) is 64.4 Å². The Bertz CT molecular complexity index is 653. The molecule has 22 heavy (non-hydrogen) atoms. The molecule has 0 aliphatic carbocycles. The van der Waals surface area contributed by atoms with E-state index in [0.717, 1.165) is 6.42 Å². The number of carbonyl (C=O) groups is 1. The van der Waals surface area contributed by atoms with Crippen LogP contribution in [0.4, 0.5) is 5.69 Å². The van der Waals surface area contributed by atoms with Gasteiger partial charge in [0, 0.05) is 17.7 Å². The molecule has 118 valence electrons. The van der Waals surface area contributed by atoms with Crippen LogP contribution in [0.15, 0.2) is 28.8 Å². The number of halogens is 1. The van der Waals surface area contributed by atoms with Crippen LogP contribution in [0, 0.1) is 0 Å². The van der Waals surface area contributed by atoms with E-state index in [1.165, 1.54) is 0 Å². The molecule has 0 unspecified atom stereocenters. The van der Waals surface area contributed by atoms with Crippen LogP contribution in [0.2, 0.25) is 5.02 Å². The Labute approximate surface area is 134 Å². The van der Waals surface area contributed by atoms with E-state index in [9.17, 15) is 4.79 Å². The molecule has 0 spiro atoms. The van der Waals surface area contributed by atoms with Crippen molar-refractivity contribution in [2.24, 2.45) is 0 Å². The third-order valence-electron chi connectivity index (χ3n) is 2.98. The summed E-state index contributed by atoms with van der Waals surface area (Å²) < 4.78 is 10.6. The van der Waals surface area contributed by atoms with Crippen LogP contribution >= 0.6 is 11.6 Å². The number of hydrogen-bond donors (Lipinski definition) is 1. The van der Waals surface area contributed by atoms with Gasteiger partial charge < -0.3 is 14.6 Å². The Morgan fingerprint density at radius 3 is 2.77 bits per heavy atom. The van der Waals surface area contributed by atoms with Crippen LogP contribution in [0.1, 0.15) is 49.4 Å². The molecule has 0 fully saturated rings. The van der Waals surface area contributed by atoms with E-state index in [1.807, 2.05) is 20.8 Å². The van der Waals surface area contributed by atoms with Gasteiger partial charge in [-0.2, -0.15) is 0 Å². The highest BCUT2D eigenvalue weighted by atomic mass is 35.5. The fraction of sp³-hybridized carbons (Fsp3) is 0.375. The zero-order valence-electron chi connectivity index (χ0n) is 12.9. The van der Waals surface area contributed by atoms with Crippen LogP contribution in [0.3, 0.4) is 0 Å². The molecular formula is C16H19ClN2O3. The Kier molecular flexibility index (Phi) is 5.44. The summed E-state index contributed by atoms with van der Waals surface area (Å²) in [6.45, 7) is 6.56. The van der Waals surface area contributed by atoms with Crippen molar-refractivity contribution in [3.05, 3.63) is 40.7 Å². The van der Waals surface area contributed by atoms with Gasteiger partial charge in [0.25, 0.3) is 5.91 Å². The van der Waals surface area contributed by atoms with Gasteiger partial charge in [-0.3, -0.25) is 4.79 Å². The molecule has 0 aliphatic rings. The molecule has 0 aliphatic heterocycles. The molecule has 1 aromatic heterocycles. The first kappa shape index (κ1) is 16.4. The van der Waals surface area contributed by atoms with Crippen LogP contribution in [-0.4, -0.2) is 17.7 Å². The molecule has 1 amide bonds. The zero-order chi connectivity index (χ0) is 16.1. The number of rotatable bonds is 6. The number of hydrogen-bond acceptors (Lipinski definition) is 4. The van der Waals surface area contributed by atoms with Gasteiger partial charge in [0.1, 0.15) is 11.5 Å². The maximum absolute atomic E-state index is 12.1. The lowest BCUT2D eigenvalue weighted by Crippen LogP contribution is -2.12. The summed E-state index contributed by atoms with van der Waals surface area (Å²) in [5.74, 6) is 1.11. The minimum atomic E-state index is -0.339. The molecule has 1 heterocycles. The number of carbonyl (C=O) groups excluding carboxylic acids is 1. The summed E-state index contributed by atoms with van der Waals surface area (Å²) in [5, 5.41) is 6.96. The van der Waals surface area contributed by atoms with E-state index in [0.29, 0.717) is 28.8 Å². The highest BCUT2D eigenvalue weighted by Crippen LogP contribution is 2.28. The summed E-state index contributed by atoms with van der Waals surface area (Å²) in [6, 6.07) is 6.75. The first-order valence-electron chi connectivity index (χ1n) is 7.21. The summed E-state index contributed by atoms with van der Waals surface area (Å²) in [7, 11) is 0. The van der Waals surface area contributed by atoms with Crippen LogP contribution < -0.4 is 10.1 Å². The number of nitrogens with one attached hydrogen (secondary N) is 1. The fourth-order valence-corrected chi connectivity index (χ4v) is 2.01. The average molecular weight is 323 g/mol. The molecule has 0 saturated carbocycles. The number of anilines is 1. The van der Waals surface area contributed by atoms with Gasteiger partial charge in [-0.1, -0.05) is 37.5 Å². The first-order valence-corrected chi connectivity index (χ1v) is 7.59. The summed E-state index contributed by atoms with van der Waals surface area (Å²) in [6.07, 6.45) is 0.902. The predicted octanol–water partition coefficient (Wildman–Crippen LogP) is 4.49. The first-order chi connectivity index (χ1) is 10.5. The fourth-order valence-electron chi connectivity index (χ4n) is 1.77. The largest absolute Gasteiger partial charge is 0.492 e. The van der Waals surface area contributed by atoms with E-state index in [1.54, 1.807) is 24.3 Å². The normalized spacial score (nSPS) is 10.8. The van der Waals surface area contributed by atoms with E-state index in [-0.39, 0.29) is 17.5 Å². The molecule has 0 bridgehead atoms. The third-order valence-corrected chi connectivity index (χ3v) is 3.28. The highest BCUT2D eigenvalue weighted by Gasteiger charge is 2.15. The number of amides is 1. The van der Waals surface area contributed by atoms with Crippen molar-refractivity contribution >= 4 is 23.2 Å². The quantitative estimate of drug-likeness (QED) is 0.850. The van der Waals surface area contributed by atoms with E-state index < -0.39 is 0 Å². The van der Waals surface area contributed by atoms with E-state index in [4.69, 9.17) is 20.9 Å². The molecule has 5 nitrogen and oxygen atoms in total. The molecule has 1 N–H and O–H groups in total. The monoisotopic (exact) mass is 322 g/mol. The van der Waals surface area contributed by atoms with Crippen molar-refractivity contribution < 1.29 is 14.1 Å². The van der Waals surface area contributed by atoms with Gasteiger partial charge in [0.05, 0.1) is 11.6 Å². The van der Waals surface area contributed by atoms with Crippen molar-refractivity contribution in [2.75, 3.05) is 11.9 Å². The van der Waals surface area contributed by atoms with Crippen molar-refractivity contribution in [3.63, 3.8) is 0 Å². The van der Waals surface area contributed by atoms with Gasteiger partial charge in [-0.05, 0) is 24.6 Å². The maximum Gasteiger partial charge on any atom is 0.277 e. The third kappa shape index (κ3) is 4.01. The number of aromatic nitrogens is 1. The van der Waals surface area contributed by atoms with Gasteiger partial charge in [0.2, 0.25) is 0 Å². The lowest BCUT2D eigenvalue weighted by Gasteiger charge is -2.09. The molecule has 0 saturated heterocycles. The minimum Gasteiger partial charge on any atom is -0.492 e. The smallest absolute Gasteiger partial charge is 0.277 e. The molecular weight excluding hydrogens is 304 g/mol. The van der Waals surface area contributed by atoms with Crippen LogP contribution in [-0.2, 0) is 0 Å². The number of nitrogens with zero attached hydrogens (tertiary/aromatic N) is 1. The lowest BCUT2D eigenvalue weighted by atomic mass is 10.1. The lowest BCUT2D eigenvalue weighted by molar-refractivity contribution is 0.101. The SMILES string of the molecule is CCCOc1ccc(NC(=O)c2cc(C(C)C)on2)cc1Cl.